The first kappa shape index (κ1) is 18.4. The molecule has 0 spiro atoms. The maximum atomic E-state index is 12.0. The first-order valence-electron chi connectivity index (χ1n) is 9.45. The van der Waals surface area contributed by atoms with E-state index in [1.807, 2.05) is 30.7 Å². The summed E-state index contributed by atoms with van der Waals surface area (Å²) in [5.74, 6) is 0.227. The number of hydrogen-bond acceptors (Lipinski definition) is 6. The van der Waals surface area contributed by atoms with Gasteiger partial charge in [-0.3, -0.25) is 14.3 Å². The van der Waals surface area contributed by atoms with Crippen LogP contribution in [-0.4, -0.2) is 52.9 Å². The van der Waals surface area contributed by atoms with Crippen LogP contribution < -0.4 is 15.5 Å². The van der Waals surface area contributed by atoms with Crippen molar-refractivity contribution in [2.24, 2.45) is 5.73 Å². The number of nitrogens with two attached hydrogens (primary N) is 1. The third-order valence-corrected chi connectivity index (χ3v) is 5.16. The van der Waals surface area contributed by atoms with Crippen molar-refractivity contribution < 1.29 is 14.3 Å². The molecule has 2 N–H and O–H groups in total. The number of fused-ring (bicyclic) bond motifs is 1. The third-order valence-electron chi connectivity index (χ3n) is 5.16. The van der Waals surface area contributed by atoms with E-state index < -0.39 is 5.91 Å². The molecule has 2 aliphatic rings. The summed E-state index contributed by atoms with van der Waals surface area (Å²) in [5.41, 5.74) is 8.60. The first-order chi connectivity index (χ1) is 13.5. The highest BCUT2D eigenvalue weighted by atomic mass is 16.5. The van der Waals surface area contributed by atoms with Gasteiger partial charge in [0.15, 0.2) is 5.69 Å². The summed E-state index contributed by atoms with van der Waals surface area (Å²) in [6, 6.07) is 3.96. The first-order valence-corrected chi connectivity index (χ1v) is 9.45. The SMILES string of the molecule is CC(C)n1nc(C(N)=O)c2c1CCN(c1ccc(N3CCOCC3=O)cn1)C2. The average molecular weight is 384 g/mol. The van der Waals surface area contributed by atoms with Crippen molar-refractivity contribution >= 4 is 23.3 Å². The number of primary amides is 1. The third kappa shape index (κ3) is 3.22. The standard InChI is InChI=1S/C19H24N6O3/c1-12(2)25-15-5-6-23(10-14(15)18(22-25)19(20)27)16-4-3-13(9-21-16)24-7-8-28-11-17(24)26/h3-4,9,12H,5-8,10-11H2,1-2H3,(H2,20,27). The second-order valence-electron chi connectivity index (χ2n) is 7.32. The number of morpholine rings is 1. The van der Waals surface area contributed by atoms with E-state index in [2.05, 4.69) is 15.0 Å². The summed E-state index contributed by atoms with van der Waals surface area (Å²) in [6.07, 6.45) is 2.47. The maximum Gasteiger partial charge on any atom is 0.269 e. The van der Waals surface area contributed by atoms with E-state index in [1.165, 1.54) is 0 Å². The molecule has 0 atom stereocenters. The molecular weight excluding hydrogens is 360 g/mol. The van der Waals surface area contributed by atoms with Gasteiger partial charge in [0.25, 0.3) is 11.8 Å². The van der Waals surface area contributed by atoms with Crippen LogP contribution in [-0.2, 0) is 22.5 Å². The molecule has 9 nitrogen and oxygen atoms in total. The van der Waals surface area contributed by atoms with Crippen molar-refractivity contribution in [3.8, 4) is 0 Å². The zero-order valence-electron chi connectivity index (χ0n) is 16.1. The van der Waals surface area contributed by atoms with Crippen LogP contribution in [0.1, 0.15) is 41.6 Å². The zero-order chi connectivity index (χ0) is 19.8. The highest BCUT2D eigenvalue weighted by Gasteiger charge is 2.29. The zero-order valence-corrected chi connectivity index (χ0v) is 16.1. The lowest BCUT2D eigenvalue weighted by atomic mass is 10.0. The van der Waals surface area contributed by atoms with E-state index >= 15 is 0 Å². The minimum absolute atomic E-state index is 0.0596. The predicted octanol–water partition coefficient (Wildman–Crippen LogP) is 0.884. The van der Waals surface area contributed by atoms with Gasteiger partial charge in [0.05, 0.1) is 18.5 Å². The Labute approximate surface area is 163 Å². The summed E-state index contributed by atoms with van der Waals surface area (Å²) >= 11 is 0. The molecule has 28 heavy (non-hydrogen) atoms. The molecule has 2 aromatic heterocycles. The number of pyridine rings is 1. The molecule has 4 heterocycles. The number of aromatic nitrogens is 3. The number of hydrogen-bond donors (Lipinski definition) is 1. The van der Waals surface area contributed by atoms with Gasteiger partial charge in [-0.25, -0.2) is 4.98 Å². The van der Waals surface area contributed by atoms with Crippen molar-refractivity contribution in [3.05, 3.63) is 35.3 Å². The Kier molecular flexibility index (Phi) is 4.76. The van der Waals surface area contributed by atoms with Crippen LogP contribution in [0.3, 0.4) is 0 Å². The van der Waals surface area contributed by atoms with Crippen LogP contribution >= 0.6 is 0 Å². The summed E-state index contributed by atoms with van der Waals surface area (Å²) in [6.45, 7) is 6.54. The average Bonchev–Trinajstić information content (AvgIpc) is 3.08. The van der Waals surface area contributed by atoms with Gasteiger partial charge < -0.3 is 20.3 Å². The van der Waals surface area contributed by atoms with Gasteiger partial charge in [-0.15, -0.1) is 0 Å². The number of ether oxygens (including phenoxy) is 1. The second kappa shape index (κ2) is 7.23. The van der Waals surface area contributed by atoms with Crippen LogP contribution in [0.5, 0.6) is 0 Å². The number of anilines is 2. The van der Waals surface area contributed by atoms with Crippen molar-refractivity contribution in [2.75, 3.05) is 36.1 Å². The van der Waals surface area contributed by atoms with E-state index in [0.717, 1.165) is 35.7 Å². The fraction of sp³-hybridized carbons (Fsp3) is 0.474. The molecule has 0 aromatic carbocycles. The molecule has 2 amide bonds. The normalized spacial score (nSPS) is 17.2. The highest BCUT2D eigenvalue weighted by molar-refractivity contribution is 5.95. The molecule has 0 bridgehead atoms. The van der Waals surface area contributed by atoms with E-state index in [9.17, 15) is 9.59 Å². The molecule has 0 radical (unpaired) electrons. The number of carbonyl (C=O) groups is 2. The maximum absolute atomic E-state index is 12.0. The largest absolute Gasteiger partial charge is 0.370 e. The summed E-state index contributed by atoms with van der Waals surface area (Å²) in [4.78, 5) is 32.2. The Balaban J connectivity index is 1.57. The Hall–Kier alpha value is -2.94. The van der Waals surface area contributed by atoms with Gasteiger partial charge in [-0.2, -0.15) is 5.10 Å². The van der Waals surface area contributed by atoms with Crippen molar-refractivity contribution in [2.45, 2.75) is 32.9 Å². The quantitative estimate of drug-likeness (QED) is 0.839. The van der Waals surface area contributed by atoms with Gasteiger partial charge in [0.1, 0.15) is 12.4 Å². The van der Waals surface area contributed by atoms with Gasteiger partial charge >= 0.3 is 0 Å². The smallest absolute Gasteiger partial charge is 0.269 e. The number of nitrogens with zero attached hydrogens (tertiary/aromatic N) is 5. The molecule has 0 saturated carbocycles. The minimum Gasteiger partial charge on any atom is -0.370 e. The summed E-state index contributed by atoms with van der Waals surface area (Å²) in [7, 11) is 0. The molecule has 2 aromatic rings. The lowest BCUT2D eigenvalue weighted by Gasteiger charge is -2.30. The van der Waals surface area contributed by atoms with Crippen molar-refractivity contribution in [3.63, 3.8) is 0 Å². The lowest BCUT2D eigenvalue weighted by molar-refractivity contribution is -0.125. The van der Waals surface area contributed by atoms with E-state index in [1.54, 1.807) is 11.1 Å². The molecule has 9 heteroatoms. The molecule has 0 unspecified atom stereocenters. The lowest BCUT2D eigenvalue weighted by Crippen LogP contribution is -2.41. The Morgan fingerprint density at radius 1 is 1.29 bits per heavy atom. The number of carbonyl (C=O) groups excluding carboxylic acids is 2. The van der Waals surface area contributed by atoms with Crippen LogP contribution in [0.15, 0.2) is 18.3 Å². The van der Waals surface area contributed by atoms with Crippen molar-refractivity contribution in [1.29, 1.82) is 0 Å². The molecule has 4 rings (SSSR count). The van der Waals surface area contributed by atoms with E-state index in [0.29, 0.717) is 25.4 Å². The Morgan fingerprint density at radius 2 is 2.11 bits per heavy atom. The summed E-state index contributed by atoms with van der Waals surface area (Å²) in [5, 5.41) is 4.44. The predicted molar refractivity (Wildman–Crippen MR) is 103 cm³/mol. The highest BCUT2D eigenvalue weighted by Crippen LogP contribution is 2.28. The van der Waals surface area contributed by atoms with Gasteiger partial charge in [-0.1, -0.05) is 0 Å². The molecule has 1 fully saturated rings. The topological polar surface area (TPSA) is 107 Å². The van der Waals surface area contributed by atoms with Crippen LogP contribution in [0.25, 0.3) is 0 Å². The minimum atomic E-state index is -0.508. The molecular formula is C19H24N6O3. The monoisotopic (exact) mass is 384 g/mol. The van der Waals surface area contributed by atoms with Gasteiger partial charge in [0, 0.05) is 43.4 Å². The van der Waals surface area contributed by atoms with Gasteiger partial charge in [0.2, 0.25) is 0 Å². The van der Waals surface area contributed by atoms with Gasteiger partial charge in [-0.05, 0) is 26.0 Å². The molecule has 148 valence electrons. The van der Waals surface area contributed by atoms with E-state index in [-0.39, 0.29) is 18.6 Å². The number of rotatable bonds is 4. The number of amides is 2. The molecule has 2 aliphatic heterocycles. The molecule has 1 saturated heterocycles. The van der Waals surface area contributed by atoms with E-state index in [4.69, 9.17) is 10.5 Å². The summed E-state index contributed by atoms with van der Waals surface area (Å²) < 4.78 is 7.07. The van der Waals surface area contributed by atoms with Crippen LogP contribution in [0, 0.1) is 0 Å². The van der Waals surface area contributed by atoms with Crippen LogP contribution in [0.2, 0.25) is 0 Å². The molecule has 0 aliphatic carbocycles. The van der Waals surface area contributed by atoms with Crippen molar-refractivity contribution in [1.82, 2.24) is 14.8 Å². The Bertz CT molecular complexity index is 905. The fourth-order valence-electron chi connectivity index (χ4n) is 3.78. The second-order valence-corrected chi connectivity index (χ2v) is 7.32. The fourth-order valence-corrected chi connectivity index (χ4v) is 3.78. The Morgan fingerprint density at radius 3 is 2.75 bits per heavy atom. The van der Waals surface area contributed by atoms with Crippen LogP contribution in [0.4, 0.5) is 11.5 Å².